The van der Waals surface area contributed by atoms with Gasteiger partial charge < -0.3 is 15.6 Å². The summed E-state index contributed by atoms with van der Waals surface area (Å²) in [6.07, 6.45) is 1.64. The van der Waals surface area contributed by atoms with Crippen molar-refractivity contribution in [2.24, 2.45) is 5.73 Å². The fourth-order valence-corrected chi connectivity index (χ4v) is 2.80. The number of para-hydroxylation sites is 1. The minimum Gasteiger partial charge on any atom is -0.366 e. The highest BCUT2D eigenvalue weighted by Gasteiger charge is 2.15. The van der Waals surface area contributed by atoms with Crippen molar-refractivity contribution in [1.82, 2.24) is 4.57 Å². The molecule has 1 aromatic heterocycles. The molecule has 0 atom stereocenters. The first-order valence-corrected chi connectivity index (χ1v) is 8.41. The first-order chi connectivity index (χ1) is 13.0. The van der Waals surface area contributed by atoms with E-state index in [-0.39, 0.29) is 16.8 Å². The predicted octanol–water partition coefficient (Wildman–Crippen LogP) is 2.56. The van der Waals surface area contributed by atoms with Crippen LogP contribution in [0.25, 0.3) is 0 Å². The van der Waals surface area contributed by atoms with Crippen LogP contribution in [0.15, 0.2) is 71.7 Å². The average Bonchev–Trinajstić information content (AvgIpc) is 2.65. The number of rotatable bonds is 5. The number of pyridine rings is 1. The topological polar surface area (TPSA) is 94.2 Å². The predicted molar refractivity (Wildman–Crippen MR) is 104 cm³/mol. The first-order valence-electron chi connectivity index (χ1n) is 8.41. The second-order valence-corrected chi connectivity index (χ2v) is 6.15. The van der Waals surface area contributed by atoms with Gasteiger partial charge in [-0.25, -0.2) is 0 Å². The van der Waals surface area contributed by atoms with Gasteiger partial charge >= 0.3 is 0 Å². The Hall–Kier alpha value is -3.67. The van der Waals surface area contributed by atoms with Crippen molar-refractivity contribution in [3.05, 3.63) is 99.5 Å². The standard InChI is InChI=1S/C21H19N3O3/c1-14-7-2-3-8-15(14)13-24-12-6-10-17(21(24)27)20(26)23-18-11-5-4-9-16(18)19(22)25/h2-12H,13H2,1H3,(H2,22,25)(H,23,26). The number of nitrogens with one attached hydrogen (secondary N) is 1. The molecule has 0 saturated carbocycles. The molecule has 6 nitrogen and oxygen atoms in total. The molecule has 6 heteroatoms. The van der Waals surface area contributed by atoms with Crippen molar-refractivity contribution in [2.45, 2.75) is 13.5 Å². The molecule has 1 heterocycles. The number of carbonyl (C=O) groups excluding carboxylic acids is 2. The maximum Gasteiger partial charge on any atom is 0.263 e. The third-order valence-electron chi connectivity index (χ3n) is 4.31. The lowest BCUT2D eigenvalue weighted by Crippen LogP contribution is -2.29. The van der Waals surface area contributed by atoms with E-state index in [2.05, 4.69) is 5.32 Å². The molecule has 0 bridgehead atoms. The Morgan fingerprint density at radius 2 is 1.63 bits per heavy atom. The van der Waals surface area contributed by atoms with Gasteiger partial charge in [0, 0.05) is 6.20 Å². The van der Waals surface area contributed by atoms with Gasteiger partial charge in [0.25, 0.3) is 17.4 Å². The SMILES string of the molecule is Cc1ccccc1Cn1cccc(C(=O)Nc2ccccc2C(N)=O)c1=O. The molecule has 3 aromatic rings. The van der Waals surface area contributed by atoms with E-state index in [0.717, 1.165) is 11.1 Å². The number of hydrogen-bond donors (Lipinski definition) is 2. The highest BCUT2D eigenvalue weighted by molar-refractivity contribution is 6.08. The van der Waals surface area contributed by atoms with Crippen molar-refractivity contribution < 1.29 is 9.59 Å². The third-order valence-corrected chi connectivity index (χ3v) is 4.31. The summed E-state index contributed by atoms with van der Waals surface area (Å²) in [5, 5.41) is 2.60. The number of benzene rings is 2. The highest BCUT2D eigenvalue weighted by atomic mass is 16.2. The van der Waals surface area contributed by atoms with Crippen LogP contribution in [-0.4, -0.2) is 16.4 Å². The number of amides is 2. The van der Waals surface area contributed by atoms with Gasteiger partial charge in [0.05, 0.1) is 17.8 Å². The summed E-state index contributed by atoms with van der Waals surface area (Å²) >= 11 is 0. The van der Waals surface area contributed by atoms with E-state index in [1.807, 2.05) is 31.2 Å². The zero-order valence-corrected chi connectivity index (χ0v) is 14.8. The summed E-state index contributed by atoms with van der Waals surface area (Å²) in [4.78, 5) is 36.9. The van der Waals surface area contributed by atoms with Crippen molar-refractivity contribution >= 4 is 17.5 Å². The Morgan fingerprint density at radius 1 is 0.963 bits per heavy atom. The van der Waals surface area contributed by atoms with E-state index in [0.29, 0.717) is 6.54 Å². The number of nitrogens with zero attached hydrogens (tertiary/aromatic N) is 1. The molecule has 0 fully saturated rings. The van der Waals surface area contributed by atoms with Crippen LogP contribution in [0.5, 0.6) is 0 Å². The summed E-state index contributed by atoms with van der Waals surface area (Å²) in [6, 6.07) is 17.2. The summed E-state index contributed by atoms with van der Waals surface area (Å²) in [6.45, 7) is 2.34. The number of aromatic nitrogens is 1. The smallest absolute Gasteiger partial charge is 0.263 e. The van der Waals surface area contributed by atoms with Gasteiger partial charge in [0.1, 0.15) is 5.56 Å². The summed E-state index contributed by atoms with van der Waals surface area (Å²) < 4.78 is 1.48. The van der Waals surface area contributed by atoms with Crippen LogP contribution in [0.3, 0.4) is 0 Å². The zero-order valence-electron chi connectivity index (χ0n) is 14.8. The van der Waals surface area contributed by atoms with Gasteiger partial charge in [-0.2, -0.15) is 0 Å². The molecule has 3 rings (SSSR count). The molecule has 136 valence electrons. The second kappa shape index (κ2) is 7.70. The second-order valence-electron chi connectivity index (χ2n) is 6.15. The van der Waals surface area contributed by atoms with E-state index >= 15 is 0 Å². The number of primary amides is 1. The van der Waals surface area contributed by atoms with Gasteiger partial charge in [-0.3, -0.25) is 14.4 Å². The lowest BCUT2D eigenvalue weighted by atomic mass is 10.1. The molecule has 0 aliphatic carbocycles. The first kappa shape index (κ1) is 18.1. The van der Waals surface area contributed by atoms with E-state index in [4.69, 9.17) is 5.73 Å². The van der Waals surface area contributed by atoms with Crippen LogP contribution in [0.1, 0.15) is 31.8 Å². The quantitative estimate of drug-likeness (QED) is 0.731. The van der Waals surface area contributed by atoms with E-state index in [9.17, 15) is 14.4 Å². The Labute approximate surface area is 156 Å². The van der Waals surface area contributed by atoms with Gasteiger partial charge in [-0.05, 0) is 42.3 Å². The Kier molecular flexibility index (Phi) is 5.17. The van der Waals surface area contributed by atoms with Crippen molar-refractivity contribution in [3.63, 3.8) is 0 Å². The summed E-state index contributed by atoms with van der Waals surface area (Å²) in [5.41, 5.74) is 7.42. The largest absolute Gasteiger partial charge is 0.366 e. The molecule has 0 unspecified atom stereocenters. The van der Waals surface area contributed by atoms with Gasteiger partial charge in [0.2, 0.25) is 0 Å². The number of aryl methyl sites for hydroxylation is 1. The van der Waals surface area contributed by atoms with E-state index < -0.39 is 17.4 Å². The molecule has 2 aromatic carbocycles. The summed E-state index contributed by atoms with van der Waals surface area (Å²) in [5.74, 6) is -1.25. The molecule has 3 N–H and O–H groups in total. The third kappa shape index (κ3) is 3.95. The molecule has 0 aliphatic heterocycles. The highest BCUT2D eigenvalue weighted by Crippen LogP contribution is 2.15. The lowest BCUT2D eigenvalue weighted by molar-refractivity contribution is 0.100. The Bertz CT molecular complexity index is 1070. The van der Waals surface area contributed by atoms with Crippen LogP contribution in [0.2, 0.25) is 0 Å². The zero-order chi connectivity index (χ0) is 19.4. The molecule has 0 spiro atoms. The minimum absolute atomic E-state index is 0.00893. The van der Waals surface area contributed by atoms with Crippen molar-refractivity contribution in [1.29, 1.82) is 0 Å². The van der Waals surface area contributed by atoms with Gasteiger partial charge in [-0.1, -0.05) is 36.4 Å². The molecule has 27 heavy (non-hydrogen) atoms. The maximum atomic E-state index is 12.7. The van der Waals surface area contributed by atoms with Gasteiger partial charge in [-0.15, -0.1) is 0 Å². The fraction of sp³-hybridized carbons (Fsp3) is 0.0952. The number of anilines is 1. The summed E-state index contributed by atoms with van der Waals surface area (Å²) in [7, 11) is 0. The Morgan fingerprint density at radius 3 is 2.37 bits per heavy atom. The maximum absolute atomic E-state index is 12.7. The lowest BCUT2D eigenvalue weighted by Gasteiger charge is -2.11. The molecule has 0 saturated heterocycles. The average molecular weight is 361 g/mol. The molecule has 0 radical (unpaired) electrons. The van der Waals surface area contributed by atoms with Crippen LogP contribution in [-0.2, 0) is 6.54 Å². The van der Waals surface area contributed by atoms with Crippen molar-refractivity contribution in [2.75, 3.05) is 5.32 Å². The number of carbonyl (C=O) groups is 2. The van der Waals surface area contributed by atoms with Crippen LogP contribution < -0.4 is 16.6 Å². The molecule has 2 amide bonds. The minimum atomic E-state index is -0.657. The monoisotopic (exact) mass is 361 g/mol. The molecule has 0 aliphatic rings. The van der Waals surface area contributed by atoms with E-state index in [1.54, 1.807) is 30.5 Å². The normalized spacial score (nSPS) is 10.4. The van der Waals surface area contributed by atoms with E-state index in [1.165, 1.54) is 16.7 Å². The van der Waals surface area contributed by atoms with Crippen molar-refractivity contribution in [3.8, 4) is 0 Å². The van der Waals surface area contributed by atoms with Crippen LogP contribution in [0.4, 0.5) is 5.69 Å². The molecular formula is C21H19N3O3. The van der Waals surface area contributed by atoms with Gasteiger partial charge in [0.15, 0.2) is 0 Å². The molecular weight excluding hydrogens is 342 g/mol. The van der Waals surface area contributed by atoms with Crippen LogP contribution in [0, 0.1) is 6.92 Å². The fourth-order valence-electron chi connectivity index (χ4n) is 2.80. The number of hydrogen-bond acceptors (Lipinski definition) is 3. The number of nitrogens with two attached hydrogens (primary N) is 1. The van der Waals surface area contributed by atoms with Crippen LogP contribution >= 0.6 is 0 Å². The Balaban J connectivity index is 1.90.